The summed E-state index contributed by atoms with van der Waals surface area (Å²) in [5, 5.41) is 4.23. The van der Waals surface area contributed by atoms with Crippen molar-refractivity contribution in [2.24, 2.45) is 0 Å². The summed E-state index contributed by atoms with van der Waals surface area (Å²) in [5.41, 5.74) is 3.73. The van der Waals surface area contributed by atoms with Crippen LogP contribution in [-0.2, 0) is 6.54 Å². The SMILES string of the molecule is CNCc1cnc(F)cc1-c1cccc2cc(-c3ccncn3)sc12. The molecule has 4 aromatic rings. The molecule has 3 aromatic heterocycles. The summed E-state index contributed by atoms with van der Waals surface area (Å²) >= 11 is 1.65. The average molecular weight is 350 g/mol. The number of halogens is 1. The number of aromatic nitrogens is 3. The van der Waals surface area contributed by atoms with Gasteiger partial charge >= 0.3 is 0 Å². The second kappa shape index (κ2) is 6.66. The summed E-state index contributed by atoms with van der Waals surface area (Å²) in [6, 6.07) is 11.6. The van der Waals surface area contributed by atoms with Crippen molar-refractivity contribution in [1.29, 1.82) is 0 Å². The topological polar surface area (TPSA) is 50.7 Å². The lowest BCUT2D eigenvalue weighted by Gasteiger charge is -2.10. The van der Waals surface area contributed by atoms with Gasteiger partial charge in [-0.2, -0.15) is 4.39 Å². The number of nitrogens with zero attached hydrogens (tertiary/aromatic N) is 3. The predicted octanol–water partition coefficient (Wildman–Crippen LogP) is 4.28. The minimum Gasteiger partial charge on any atom is -0.316 e. The normalized spacial score (nSPS) is 11.1. The number of benzene rings is 1. The number of rotatable bonds is 4. The molecule has 0 bridgehead atoms. The van der Waals surface area contributed by atoms with E-state index in [-0.39, 0.29) is 0 Å². The number of hydrogen-bond donors (Lipinski definition) is 1. The van der Waals surface area contributed by atoms with Crippen LogP contribution in [0.2, 0.25) is 0 Å². The maximum atomic E-state index is 13.8. The molecular formula is C19H15FN4S. The van der Waals surface area contributed by atoms with Crippen molar-refractivity contribution in [3.05, 3.63) is 66.6 Å². The molecule has 3 heterocycles. The number of nitrogens with one attached hydrogen (secondary N) is 1. The molecule has 1 N–H and O–H groups in total. The predicted molar refractivity (Wildman–Crippen MR) is 98.8 cm³/mol. The average Bonchev–Trinajstić information content (AvgIpc) is 3.08. The lowest BCUT2D eigenvalue weighted by atomic mass is 10.0. The van der Waals surface area contributed by atoms with Crippen molar-refractivity contribution < 1.29 is 4.39 Å². The first kappa shape index (κ1) is 15.8. The molecule has 0 atom stereocenters. The van der Waals surface area contributed by atoms with Crippen molar-refractivity contribution in [3.63, 3.8) is 0 Å². The van der Waals surface area contributed by atoms with Gasteiger partial charge in [0.15, 0.2) is 0 Å². The third-order valence-electron chi connectivity index (χ3n) is 3.99. The van der Waals surface area contributed by atoms with Crippen LogP contribution in [0.5, 0.6) is 0 Å². The van der Waals surface area contributed by atoms with Gasteiger partial charge in [0, 0.05) is 35.3 Å². The maximum absolute atomic E-state index is 13.8. The zero-order valence-corrected chi connectivity index (χ0v) is 14.3. The van der Waals surface area contributed by atoms with E-state index in [1.165, 1.54) is 6.07 Å². The van der Waals surface area contributed by atoms with Crippen LogP contribution in [0.4, 0.5) is 4.39 Å². The standard InChI is InChI=1S/C19H15FN4S/c1-21-9-13-10-23-18(20)8-15(13)14-4-2-3-12-7-17(25-19(12)14)16-5-6-22-11-24-16/h2-8,10-11,21H,9H2,1H3. The van der Waals surface area contributed by atoms with Crippen molar-refractivity contribution in [3.8, 4) is 21.7 Å². The van der Waals surface area contributed by atoms with E-state index in [1.807, 2.05) is 25.2 Å². The molecule has 0 saturated heterocycles. The zero-order valence-electron chi connectivity index (χ0n) is 13.5. The fourth-order valence-corrected chi connectivity index (χ4v) is 4.04. The Hall–Kier alpha value is -2.70. The summed E-state index contributed by atoms with van der Waals surface area (Å²) in [6.45, 7) is 0.628. The van der Waals surface area contributed by atoms with E-state index in [2.05, 4.69) is 32.4 Å². The number of hydrogen-bond acceptors (Lipinski definition) is 5. The Kier molecular flexibility index (Phi) is 4.21. The van der Waals surface area contributed by atoms with Crippen LogP contribution >= 0.6 is 11.3 Å². The van der Waals surface area contributed by atoms with Crippen LogP contribution in [0.15, 0.2) is 55.1 Å². The molecule has 4 nitrogen and oxygen atoms in total. The number of thiophene rings is 1. The Labute approximate surface area is 148 Å². The third-order valence-corrected chi connectivity index (χ3v) is 5.20. The summed E-state index contributed by atoms with van der Waals surface area (Å²) in [7, 11) is 1.87. The van der Waals surface area contributed by atoms with Crippen LogP contribution in [0.1, 0.15) is 5.56 Å². The summed E-state index contributed by atoms with van der Waals surface area (Å²) < 4.78 is 14.9. The molecule has 0 radical (unpaired) electrons. The molecule has 0 aliphatic rings. The first-order chi connectivity index (χ1) is 12.3. The molecule has 4 rings (SSSR count). The van der Waals surface area contributed by atoms with Crippen LogP contribution in [0.3, 0.4) is 0 Å². The fraction of sp³-hybridized carbons (Fsp3) is 0.105. The lowest BCUT2D eigenvalue weighted by Crippen LogP contribution is -2.07. The van der Waals surface area contributed by atoms with Gasteiger partial charge < -0.3 is 5.32 Å². The highest BCUT2D eigenvalue weighted by molar-refractivity contribution is 7.22. The smallest absolute Gasteiger partial charge is 0.213 e. The first-order valence-corrected chi connectivity index (χ1v) is 8.66. The van der Waals surface area contributed by atoms with E-state index in [9.17, 15) is 4.39 Å². The van der Waals surface area contributed by atoms with Gasteiger partial charge in [0.1, 0.15) is 6.33 Å². The third kappa shape index (κ3) is 3.01. The van der Waals surface area contributed by atoms with Gasteiger partial charge in [-0.1, -0.05) is 18.2 Å². The van der Waals surface area contributed by atoms with Crippen molar-refractivity contribution in [2.45, 2.75) is 6.54 Å². The highest BCUT2D eigenvalue weighted by Crippen LogP contribution is 2.39. The van der Waals surface area contributed by atoms with Crippen LogP contribution in [-0.4, -0.2) is 22.0 Å². The second-order valence-electron chi connectivity index (χ2n) is 5.62. The Morgan fingerprint density at radius 2 is 2.04 bits per heavy atom. The van der Waals surface area contributed by atoms with Gasteiger partial charge in [-0.15, -0.1) is 11.3 Å². The quantitative estimate of drug-likeness (QED) is 0.558. The van der Waals surface area contributed by atoms with Gasteiger partial charge in [0.05, 0.1) is 10.6 Å². The highest BCUT2D eigenvalue weighted by Gasteiger charge is 2.14. The molecule has 0 saturated carbocycles. The molecule has 6 heteroatoms. The summed E-state index contributed by atoms with van der Waals surface area (Å²) in [5.74, 6) is -0.473. The lowest BCUT2D eigenvalue weighted by molar-refractivity contribution is 0.582. The van der Waals surface area contributed by atoms with E-state index >= 15 is 0 Å². The minimum atomic E-state index is -0.473. The number of fused-ring (bicyclic) bond motifs is 1. The van der Waals surface area contributed by atoms with E-state index in [0.29, 0.717) is 6.54 Å². The molecule has 0 aliphatic carbocycles. The minimum absolute atomic E-state index is 0.473. The highest BCUT2D eigenvalue weighted by atomic mass is 32.1. The van der Waals surface area contributed by atoms with Crippen molar-refractivity contribution in [1.82, 2.24) is 20.3 Å². The molecule has 25 heavy (non-hydrogen) atoms. The zero-order chi connectivity index (χ0) is 17.2. The largest absolute Gasteiger partial charge is 0.316 e. The maximum Gasteiger partial charge on any atom is 0.213 e. The van der Waals surface area contributed by atoms with Crippen molar-refractivity contribution >= 4 is 21.4 Å². The van der Waals surface area contributed by atoms with Crippen LogP contribution in [0.25, 0.3) is 31.8 Å². The Bertz CT molecular complexity index is 1030. The first-order valence-electron chi connectivity index (χ1n) is 7.84. The molecule has 124 valence electrons. The van der Waals surface area contributed by atoms with Gasteiger partial charge in [0.25, 0.3) is 0 Å². The molecule has 0 fully saturated rings. The summed E-state index contributed by atoms with van der Waals surface area (Å²) in [6.07, 6.45) is 4.87. The number of pyridine rings is 1. The van der Waals surface area contributed by atoms with E-state index in [4.69, 9.17) is 0 Å². The molecule has 1 aromatic carbocycles. The molecule has 0 unspecified atom stereocenters. The van der Waals surface area contributed by atoms with E-state index in [1.54, 1.807) is 30.1 Å². The Morgan fingerprint density at radius 3 is 2.84 bits per heavy atom. The molecule has 0 amide bonds. The molecule has 0 aliphatic heterocycles. The summed E-state index contributed by atoms with van der Waals surface area (Å²) in [4.78, 5) is 13.2. The van der Waals surface area contributed by atoms with Gasteiger partial charge in [-0.05, 0) is 35.7 Å². The Morgan fingerprint density at radius 1 is 1.12 bits per heavy atom. The van der Waals surface area contributed by atoms with Gasteiger partial charge in [-0.3, -0.25) is 0 Å². The van der Waals surface area contributed by atoms with Crippen LogP contribution < -0.4 is 5.32 Å². The van der Waals surface area contributed by atoms with E-state index < -0.39 is 5.95 Å². The Balaban J connectivity index is 1.92. The second-order valence-corrected chi connectivity index (χ2v) is 6.68. The fourth-order valence-electron chi connectivity index (χ4n) is 2.88. The van der Waals surface area contributed by atoms with Crippen LogP contribution in [0, 0.1) is 5.95 Å². The van der Waals surface area contributed by atoms with E-state index in [0.717, 1.165) is 37.3 Å². The molecular weight excluding hydrogens is 335 g/mol. The van der Waals surface area contributed by atoms with Crippen molar-refractivity contribution in [2.75, 3.05) is 7.05 Å². The van der Waals surface area contributed by atoms with Gasteiger partial charge in [0.2, 0.25) is 5.95 Å². The van der Waals surface area contributed by atoms with Gasteiger partial charge in [-0.25, -0.2) is 15.0 Å². The molecule has 0 spiro atoms. The monoisotopic (exact) mass is 350 g/mol.